The van der Waals surface area contributed by atoms with Crippen LogP contribution in [0, 0.1) is 0 Å². The third-order valence-corrected chi connectivity index (χ3v) is 1.82. The zero-order valence-corrected chi connectivity index (χ0v) is 7.44. The van der Waals surface area contributed by atoms with Crippen molar-refractivity contribution in [3.05, 3.63) is 0 Å². The molecule has 1 aliphatic carbocycles. The van der Waals surface area contributed by atoms with Crippen LogP contribution in [-0.2, 0) is 4.74 Å². The third-order valence-electron chi connectivity index (χ3n) is 1.82. The van der Waals surface area contributed by atoms with Crippen molar-refractivity contribution in [3.63, 3.8) is 0 Å². The maximum absolute atomic E-state index is 5.35. The molecule has 0 saturated heterocycles. The minimum Gasteiger partial charge on any atom is -0.381 e. The van der Waals surface area contributed by atoms with Crippen LogP contribution in [0.1, 0.15) is 32.6 Å². The van der Waals surface area contributed by atoms with Gasteiger partial charge in [-0.3, -0.25) is 0 Å². The molecule has 1 rings (SSSR count). The molecule has 66 valence electrons. The van der Waals surface area contributed by atoms with Crippen LogP contribution >= 0.6 is 0 Å². The summed E-state index contributed by atoms with van der Waals surface area (Å²) in [4.78, 5) is 0. The van der Waals surface area contributed by atoms with Crippen molar-refractivity contribution in [3.8, 4) is 0 Å². The molecule has 11 heavy (non-hydrogen) atoms. The summed E-state index contributed by atoms with van der Waals surface area (Å²) in [5.41, 5.74) is 0. The quantitative estimate of drug-likeness (QED) is 0.566. The van der Waals surface area contributed by atoms with E-state index in [-0.39, 0.29) is 0 Å². The lowest BCUT2D eigenvalue weighted by Crippen LogP contribution is -2.18. The fourth-order valence-corrected chi connectivity index (χ4v) is 1.01. The lowest BCUT2D eigenvalue weighted by Gasteiger charge is -2.02. The average Bonchev–Trinajstić information content (AvgIpc) is 2.80. The van der Waals surface area contributed by atoms with Gasteiger partial charge in [0.1, 0.15) is 0 Å². The van der Waals surface area contributed by atoms with Gasteiger partial charge in [-0.25, -0.2) is 0 Å². The fourth-order valence-electron chi connectivity index (χ4n) is 1.01. The molecule has 0 radical (unpaired) electrons. The van der Waals surface area contributed by atoms with E-state index in [0.29, 0.717) is 0 Å². The van der Waals surface area contributed by atoms with E-state index in [0.717, 1.165) is 38.6 Å². The van der Waals surface area contributed by atoms with E-state index in [9.17, 15) is 0 Å². The van der Waals surface area contributed by atoms with Crippen molar-refractivity contribution in [1.29, 1.82) is 0 Å². The van der Waals surface area contributed by atoms with E-state index in [4.69, 9.17) is 4.74 Å². The first-order valence-electron chi connectivity index (χ1n) is 4.74. The Morgan fingerprint density at radius 3 is 2.82 bits per heavy atom. The van der Waals surface area contributed by atoms with E-state index in [1.807, 2.05) is 0 Å². The second-order valence-electron chi connectivity index (χ2n) is 3.19. The Balaban J connectivity index is 1.66. The molecule has 1 N–H and O–H groups in total. The summed E-state index contributed by atoms with van der Waals surface area (Å²) in [6.07, 6.45) is 5.07. The maximum atomic E-state index is 5.35. The Kier molecular flexibility index (Phi) is 4.55. The van der Waals surface area contributed by atoms with Crippen LogP contribution in [0.4, 0.5) is 0 Å². The molecule has 0 heterocycles. The molecule has 1 saturated carbocycles. The van der Waals surface area contributed by atoms with Crippen LogP contribution in [0.15, 0.2) is 0 Å². The number of hydrogen-bond acceptors (Lipinski definition) is 2. The Hall–Kier alpha value is -0.0800. The van der Waals surface area contributed by atoms with Crippen molar-refractivity contribution >= 4 is 0 Å². The molecule has 0 unspecified atom stereocenters. The van der Waals surface area contributed by atoms with Crippen LogP contribution in [0.25, 0.3) is 0 Å². The topological polar surface area (TPSA) is 21.3 Å². The first-order valence-corrected chi connectivity index (χ1v) is 4.74. The Morgan fingerprint density at radius 1 is 1.36 bits per heavy atom. The highest BCUT2D eigenvalue weighted by Gasteiger charge is 2.19. The minimum atomic E-state index is 0.848. The van der Waals surface area contributed by atoms with Crippen molar-refractivity contribution < 1.29 is 4.74 Å². The summed E-state index contributed by atoms with van der Waals surface area (Å²) in [5.74, 6) is 0. The van der Waals surface area contributed by atoms with Gasteiger partial charge in [0.05, 0.1) is 0 Å². The number of rotatable bonds is 7. The summed E-state index contributed by atoms with van der Waals surface area (Å²) in [6.45, 7) is 5.12. The predicted molar refractivity (Wildman–Crippen MR) is 46.8 cm³/mol. The van der Waals surface area contributed by atoms with Gasteiger partial charge in [0, 0.05) is 19.3 Å². The minimum absolute atomic E-state index is 0.848. The molecule has 0 amide bonds. The van der Waals surface area contributed by atoms with Gasteiger partial charge in [-0.2, -0.15) is 0 Å². The molecule has 1 aliphatic rings. The summed E-state index contributed by atoms with van der Waals surface area (Å²) in [5, 5.41) is 3.45. The highest BCUT2D eigenvalue weighted by atomic mass is 16.5. The van der Waals surface area contributed by atoms with Crippen LogP contribution in [0.2, 0.25) is 0 Å². The maximum Gasteiger partial charge on any atom is 0.0478 e. The van der Waals surface area contributed by atoms with Gasteiger partial charge in [0.15, 0.2) is 0 Å². The standard InChI is InChI=1S/C9H19NO/c1-2-7-11-8-3-6-10-9-4-5-9/h9-10H,2-8H2,1H3. The van der Waals surface area contributed by atoms with Crippen molar-refractivity contribution in [2.24, 2.45) is 0 Å². The van der Waals surface area contributed by atoms with Gasteiger partial charge in [-0.1, -0.05) is 6.92 Å². The largest absolute Gasteiger partial charge is 0.381 e. The van der Waals surface area contributed by atoms with Gasteiger partial charge in [-0.15, -0.1) is 0 Å². The summed E-state index contributed by atoms with van der Waals surface area (Å²) < 4.78 is 5.35. The zero-order chi connectivity index (χ0) is 7.94. The second-order valence-corrected chi connectivity index (χ2v) is 3.19. The molecule has 0 aliphatic heterocycles. The van der Waals surface area contributed by atoms with Crippen LogP contribution in [0.5, 0.6) is 0 Å². The van der Waals surface area contributed by atoms with Crippen molar-refractivity contribution in [2.75, 3.05) is 19.8 Å². The molecule has 2 nitrogen and oxygen atoms in total. The SMILES string of the molecule is CCCOCCCNC1CC1. The first-order chi connectivity index (χ1) is 5.43. The van der Waals surface area contributed by atoms with E-state index in [1.165, 1.54) is 12.8 Å². The lowest BCUT2D eigenvalue weighted by atomic mass is 10.4. The van der Waals surface area contributed by atoms with Gasteiger partial charge < -0.3 is 10.1 Å². The summed E-state index contributed by atoms with van der Waals surface area (Å²) in [7, 11) is 0. The fraction of sp³-hybridized carbons (Fsp3) is 1.00. The monoisotopic (exact) mass is 157 g/mol. The van der Waals surface area contributed by atoms with Crippen LogP contribution < -0.4 is 5.32 Å². The average molecular weight is 157 g/mol. The normalized spacial score (nSPS) is 17.2. The van der Waals surface area contributed by atoms with Crippen LogP contribution in [0.3, 0.4) is 0 Å². The Bertz CT molecular complexity index is 91.6. The highest BCUT2D eigenvalue weighted by molar-refractivity contribution is 4.80. The molecule has 0 aromatic carbocycles. The van der Waals surface area contributed by atoms with Gasteiger partial charge >= 0.3 is 0 Å². The third kappa shape index (κ3) is 5.22. The lowest BCUT2D eigenvalue weighted by molar-refractivity contribution is 0.132. The smallest absolute Gasteiger partial charge is 0.0478 e. The summed E-state index contributed by atoms with van der Waals surface area (Å²) >= 11 is 0. The number of ether oxygens (including phenoxy) is 1. The van der Waals surface area contributed by atoms with E-state index >= 15 is 0 Å². The number of nitrogens with one attached hydrogen (secondary N) is 1. The Morgan fingerprint density at radius 2 is 2.18 bits per heavy atom. The number of hydrogen-bond donors (Lipinski definition) is 1. The first kappa shape index (κ1) is 9.01. The van der Waals surface area contributed by atoms with Gasteiger partial charge in [0.2, 0.25) is 0 Å². The van der Waals surface area contributed by atoms with Crippen molar-refractivity contribution in [2.45, 2.75) is 38.6 Å². The van der Waals surface area contributed by atoms with Crippen molar-refractivity contribution in [1.82, 2.24) is 5.32 Å². The second kappa shape index (κ2) is 5.56. The molecule has 0 aromatic rings. The molecule has 2 heteroatoms. The summed E-state index contributed by atoms with van der Waals surface area (Å²) in [6, 6.07) is 0.848. The van der Waals surface area contributed by atoms with Gasteiger partial charge in [-0.05, 0) is 32.2 Å². The zero-order valence-electron chi connectivity index (χ0n) is 7.44. The van der Waals surface area contributed by atoms with E-state index in [1.54, 1.807) is 0 Å². The predicted octanol–water partition coefficient (Wildman–Crippen LogP) is 1.56. The van der Waals surface area contributed by atoms with E-state index < -0.39 is 0 Å². The van der Waals surface area contributed by atoms with Crippen LogP contribution in [-0.4, -0.2) is 25.8 Å². The molecule has 1 fully saturated rings. The molecule has 0 aromatic heterocycles. The molecular weight excluding hydrogens is 138 g/mol. The van der Waals surface area contributed by atoms with Gasteiger partial charge in [0.25, 0.3) is 0 Å². The molecule has 0 bridgehead atoms. The highest BCUT2D eigenvalue weighted by Crippen LogP contribution is 2.18. The molecule has 0 atom stereocenters. The Labute approximate surface area is 69.3 Å². The molecule has 0 spiro atoms. The van der Waals surface area contributed by atoms with E-state index in [2.05, 4.69) is 12.2 Å². The molecular formula is C9H19NO.